The fourth-order valence-electron chi connectivity index (χ4n) is 5.00. The van der Waals surface area contributed by atoms with E-state index in [1.165, 1.54) is 6.92 Å². The van der Waals surface area contributed by atoms with E-state index in [1.807, 2.05) is 0 Å². The van der Waals surface area contributed by atoms with Crippen LogP contribution in [0.15, 0.2) is 56.8 Å². The van der Waals surface area contributed by atoms with E-state index in [2.05, 4.69) is 19.2 Å². The molecule has 1 atom stereocenters. The molecule has 0 aliphatic carbocycles. The summed E-state index contributed by atoms with van der Waals surface area (Å²) in [6.07, 6.45) is 0.574. The Balaban J connectivity index is 1.44. The number of halogens is 6. The summed E-state index contributed by atoms with van der Waals surface area (Å²) >= 11 is 5.89. The molecule has 0 amide bonds. The average molecular weight is 707 g/mol. The van der Waals surface area contributed by atoms with Crippen LogP contribution in [0.1, 0.15) is 29.7 Å². The minimum Gasteiger partial charge on any atom is -0.483 e. The molecule has 2 aromatic carbocycles. The lowest BCUT2D eigenvalue weighted by molar-refractivity contribution is 0.218. The van der Waals surface area contributed by atoms with E-state index in [4.69, 9.17) is 20.8 Å². The molecular formula is C31H20ClF5N4O6S. The largest absolute Gasteiger partial charge is 0.483 e. The molecule has 17 heteroatoms. The van der Waals surface area contributed by atoms with Gasteiger partial charge < -0.3 is 13.3 Å². The Kier molecular flexibility index (Phi) is 8.11. The van der Waals surface area contributed by atoms with Crippen molar-refractivity contribution in [2.24, 2.45) is 7.05 Å². The molecule has 48 heavy (non-hydrogen) atoms. The van der Waals surface area contributed by atoms with Crippen molar-refractivity contribution in [3.05, 3.63) is 104 Å². The topological polar surface area (TPSA) is 126 Å². The van der Waals surface area contributed by atoms with Gasteiger partial charge in [-0.3, -0.25) is 9.48 Å². The number of aryl methyl sites for hydroxylation is 2. The monoisotopic (exact) mass is 706 g/mol. The number of hydrogen-bond donors (Lipinski definition) is 0. The van der Waals surface area contributed by atoms with Crippen molar-refractivity contribution in [2.45, 2.75) is 31.9 Å². The normalized spacial score (nSPS) is 12.5. The molecule has 0 saturated heterocycles. The smallest absolute Gasteiger partial charge is 0.360 e. The maximum atomic E-state index is 14.3. The Labute approximate surface area is 272 Å². The third-order valence-corrected chi connectivity index (χ3v) is 8.60. The highest BCUT2D eigenvalue weighted by Crippen LogP contribution is 2.37. The summed E-state index contributed by atoms with van der Waals surface area (Å²) in [6, 6.07) is 8.74. The van der Waals surface area contributed by atoms with Crippen molar-refractivity contribution in [3.63, 3.8) is 0 Å². The molecule has 0 unspecified atom stereocenters. The Morgan fingerprint density at radius 1 is 0.917 bits per heavy atom. The molecule has 4 heterocycles. The molecule has 248 valence electrons. The van der Waals surface area contributed by atoms with Gasteiger partial charge >= 0.3 is 10.1 Å². The van der Waals surface area contributed by atoms with Crippen LogP contribution < -0.4 is 14.3 Å². The van der Waals surface area contributed by atoms with Gasteiger partial charge in [-0.2, -0.15) is 22.3 Å². The van der Waals surface area contributed by atoms with Crippen LogP contribution in [0, 0.1) is 42.9 Å². The van der Waals surface area contributed by atoms with Gasteiger partial charge in [0.25, 0.3) is 0 Å². The third-order valence-electron chi connectivity index (χ3n) is 7.23. The number of ether oxygens (including phenoxy) is 1. The minimum absolute atomic E-state index is 0.0794. The highest BCUT2D eigenvalue weighted by Gasteiger charge is 2.34. The number of nitrogens with zero attached hydrogens (tertiary/aromatic N) is 4. The summed E-state index contributed by atoms with van der Waals surface area (Å²) in [5, 5.41) is 2.89. The fourth-order valence-corrected chi connectivity index (χ4v) is 6.21. The van der Waals surface area contributed by atoms with Crippen LogP contribution in [-0.2, 0) is 17.2 Å². The quantitative estimate of drug-likeness (QED) is 0.0567. The van der Waals surface area contributed by atoms with Crippen LogP contribution in [0.5, 0.6) is 11.5 Å². The lowest BCUT2D eigenvalue weighted by Gasteiger charge is -2.19. The van der Waals surface area contributed by atoms with Gasteiger partial charge in [-0.1, -0.05) is 11.6 Å². The maximum Gasteiger partial charge on any atom is 0.360 e. The van der Waals surface area contributed by atoms with Crippen molar-refractivity contribution in [3.8, 4) is 23.0 Å². The zero-order valence-electron chi connectivity index (χ0n) is 25.0. The lowest BCUT2D eigenvalue weighted by Crippen LogP contribution is -2.18. The molecule has 0 aliphatic heterocycles. The molecule has 6 rings (SSSR count). The van der Waals surface area contributed by atoms with E-state index < -0.39 is 67.0 Å². The van der Waals surface area contributed by atoms with Gasteiger partial charge in [0.05, 0.1) is 11.6 Å². The number of benzene rings is 2. The van der Waals surface area contributed by atoms with Crippen molar-refractivity contribution in [2.75, 3.05) is 0 Å². The van der Waals surface area contributed by atoms with Gasteiger partial charge in [0.15, 0.2) is 16.9 Å². The van der Waals surface area contributed by atoms with Crippen LogP contribution >= 0.6 is 11.6 Å². The fraction of sp³-hybridized carbons (Fsp3) is 0.161. The maximum absolute atomic E-state index is 14.3. The van der Waals surface area contributed by atoms with Crippen LogP contribution in [0.4, 0.5) is 22.0 Å². The first kappa shape index (κ1) is 32.8. The molecular weight excluding hydrogens is 687 g/mol. The number of rotatable bonds is 7. The summed E-state index contributed by atoms with van der Waals surface area (Å²) < 4.78 is 114. The van der Waals surface area contributed by atoms with Gasteiger partial charge in [0.2, 0.25) is 39.9 Å². The minimum atomic E-state index is -5.45. The first-order chi connectivity index (χ1) is 22.6. The van der Waals surface area contributed by atoms with E-state index in [0.717, 1.165) is 12.1 Å². The highest BCUT2D eigenvalue weighted by atomic mass is 35.5. The molecule has 0 aliphatic rings. The van der Waals surface area contributed by atoms with E-state index in [-0.39, 0.29) is 33.3 Å². The van der Waals surface area contributed by atoms with E-state index in [0.29, 0.717) is 22.3 Å². The molecule has 0 N–H and O–H groups in total. The first-order valence-corrected chi connectivity index (χ1v) is 15.5. The van der Waals surface area contributed by atoms with Gasteiger partial charge in [-0.25, -0.2) is 23.1 Å². The van der Waals surface area contributed by atoms with Crippen molar-refractivity contribution >= 4 is 43.7 Å². The Hall–Kier alpha value is -5.09. The number of hydrogen-bond acceptors (Lipinski definition) is 9. The van der Waals surface area contributed by atoms with Crippen LogP contribution in [0.25, 0.3) is 33.5 Å². The van der Waals surface area contributed by atoms with Crippen molar-refractivity contribution in [1.82, 2.24) is 19.7 Å². The molecule has 10 nitrogen and oxygen atoms in total. The Morgan fingerprint density at radius 3 is 2.27 bits per heavy atom. The summed E-state index contributed by atoms with van der Waals surface area (Å²) in [4.78, 5) is 21.8. The third kappa shape index (κ3) is 5.60. The summed E-state index contributed by atoms with van der Waals surface area (Å²) in [5.41, 5.74) is 2.36. The van der Waals surface area contributed by atoms with Crippen LogP contribution in [0.2, 0.25) is 5.15 Å². The molecule has 0 saturated carbocycles. The van der Waals surface area contributed by atoms with Crippen LogP contribution in [0.3, 0.4) is 0 Å². The predicted octanol–water partition coefficient (Wildman–Crippen LogP) is 7.01. The molecule has 4 aromatic heterocycles. The molecule has 6 aromatic rings. The lowest BCUT2D eigenvalue weighted by atomic mass is 10.0. The Morgan fingerprint density at radius 2 is 1.58 bits per heavy atom. The van der Waals surface area contributed by atoms with Crippen molar-refractivity contribution in [1.29, 1.82) is 0 Å². The van der Waals surface area contributed by atoms with Gasteiger partial charge in [0, 0.05) is 18.2 Å². The van der Waals surface area contributed by atoms with Gasteiger partial charge in [-0.05, 0) is 62.7 Å². The zero-order chi connectivity index (χ0) is 34.8. The van der Waals surface area contributed by atoms with Crippen molar-refractivity contribution < 1.29 is 43.7 Å². The van der Waals surface area contributed by atoms with E-state index >= 15 is 0 Å². The standard InChI is InChI=1S/C31H20ClF5N4O6S/c1-12-9-15(29-16(10-12)27(42)13(2)28(46-29)18-6-5-17-19(38-18)11-41(4)40-17)14(3)45-20-7-8-21(32)39-31(20)48(43,44)47-30-25(36)23(34)22(33)24(35)26(30)37/h5-11,14H,1-4H3/t14-/m1/s1. The van der Waals surface area contributed by atoms with Gasteiger partial charge in [-0.15, -0.1) is 0 Å². The van der Waals surface area contributed by atoms with Gasteiger partial charge in [0.1, 0.15) is 33.6 Å². The number of fused-ring (bicyclic) bond motifs is 2. The zero-order valence-corrected chi connectivity index (χ0v) is 26.6. The summed E-state index contributed by atoms with van der Waals surface area (Å²) in [7, 11) is -3.72. The van der Waals surface area contributed by atoms with Crippen LogP contribution in [-0.4, -0.2) is 28.2 Å². The average Bonchev–Trinajstić information content (AvgIpc) is 3.42. The molecule has 0 spiro atoms. The van der Waals surface area contributed by atoms with E-state index in [1.54, 1.807) is 56.0 Å². The molecule has 0 bridgehead atoms. The SMILES string of the molecule is Cc1cc([C@@H](C)Oc2ccc(Cl)nc2S(=O)(=O)Oc2c(F)c(F)c(F)c(F)c2F)c2oc(-c3ccc4nn(C)cc4n3)c(C)c(=O)c2c1. The molecule has 0 radical (unpaired) electrons. The summed E-state index contributed by atoms with van der Waals surface area (Å²) in [6.45, 7) is 4.76. The predicted molar refractivity (Wildman–Crippen MR) is 162 cm³/mol. The summed E-state index contributed by atoms with van der Waals surface area (Å²) in [5.74, 6) is -14.9. The number of pyridine rings is 2. The Bertz CT molecular complexity index is 2460. The highest BCUT2D eigenvalue weighted by molar-refractivity contribution is 7.87. The second-order valence-corrected chi connectivity index (χ2v) is 12.5. The second-order valence-electron chi connectivity index (χ2n) is 10.7. The second kappa shape index (κ2) is 11.9. The first-order valence-electron chi connectivity index (χ1n) is 13.7. The molecule has 0 fully saturated rings. The van der Waals surface area contributed by atoms with E-state index in [9.17, 15) is 35.2 Å². The number of aromatic nitrogens is 4.